The summed E-state index contributed by atoms with van der Waals surface area (Å²) in [4.78, 5) is 5.01. The van der Waals surface area contributed by atoms with E-state index in [9.17, 15) is 0 Å². The molecule has 0 saturated carbocycles. The molecule has 0 aromatic carbocycles. The molecule has 0 radical (unpaired) electrons. The van der Waals surface area contributed by atoms with Crippen LogP contribution in [0.1, 0.15) is 31.8 Å². The Balaban J connectivity index is 2.20. The van der Waals surface area contributed by atoms with Gasteiger partial charge in [0.15, 0.2) is 10.3 Å². The molecule has 0 spiro atoms. The molecule has 2 atom stereocenters. The van der Waals surface area contributed by atoms with Crippen LogP contribution >= 0.6 is 22.9 Å². The first-order valence-electron chi connectivity index (χ1n) is 4.45. The Morgan fingerprint density at radius 3 is 2.64 bits per heavy atom. The van der Waals surface area contributed by atoms with Crippen LogP contribution in [0.15, 0.2) is 6.20 Å². The Labute approximate surface area is 92.0 Å². The second-order valence-electron chi connectivity index (χ2n) is 3.78. The van der Waals surface area contributed by atoms with Gasteiger partial charge < -0.3 is 9.47 Å². The highest BCUT2D eigenvalue weighted by Crippen LogP contribution is 2.40. The summed E-state index contributed by atoms with van der Waals surface area (Å²) in [6, 6.07) is 0. The fraction of sp³-hybridized carbons (Fsp3) is 0.667. The maximum atomic E-state index is 5.77. The third kappa shape index (κ3) is 1.93. The van der Waals surface area contributed by atoms with Crippen molar-refractivity contribution in [3.8, 4) is 0 Å². The van der Waals surface area contributed by atoms with Gasteiger partial charge in [-0.1, -0.05) is 11.6 Å². The first-order valence-corrected chi connectivity index (χ1v) is 5.64. The minimum absolute atomic E-state index is 0.0431. The van der Waals surface area contributed by atoms with Crippen molar-refractivity contribution < 1.29 is 9.47 Å². The lowest BCUT2D eigenvalue weighted by Gasteiger charge is -2.16. The van der Waals surface area contributed by atoms with Gasteiger partial charge in [0.05, 0.1) is 11.0 Å². The van der Waals surface area contributed by atoms with E-state index in [4.69, 9.17) is 21.1 Å². The number of rotatable bonds is 1. The fourth-order valence-electron chi connectivity index (χ4n) is 1.62. The first kappa shape index (κ1) is 10.4. The van der Waals surface area contributed by atoms with Crippen molar-refractivity contribution in [3.63, 3.8) is 0 Å². The van der Waals surface area contributed by atoms with E-state index in [2.05, 4.69) is 4.98 Å². The summed E-state index contributed by atoms with van der Waals surface area (Å²) in [6.45, 7) is 5.81. The average molecular weight is 234 g/mol. The molecule has 5 heteroatoms. The maximum Gasteiger partial charge on any atom is 0.183 e. The quantitative estimate of drug-likeness (QED) is 0.747. The van der Waals surface area contributed by atoms with Crippen LogP contribution in [0.25, 0.3) is 0 Å². The molecule has 1 aliphatic heterocycles. The lowest BCUT2D eigenvalue weighted by Crippen LogP contribution is -2.20. The van der Waals surface area contributed by atoms with Crippen molar-refractivity contribution in [2.24, 2.45) is 0 Å². The molecule has 1 aliphatic rings. The molecule has 1 aromatic rings. The highest BCUT2D eigenvalue weighted by Gasteiger charge is 2.40. The average Bonchev–Trinajstić information content (AvgIpc) is 2.55. The summed E-state index contributed by atoms with van der Waals surface area (Å²) >= 11 is 7.21. The van der Waals surface area contributed by atoms with Crippen LogP contribution < -0.4 is 0 Å². The zero-order valence-electron chi connectivity index (χ0n) is 8.28. The van der Waals surface area contributed by atoms with Crippen LogP contribution in [-0.2, 0) is 9.47 Å². The summed E-state index contributed by atoms with van der Waals surface area (Å²) in [5, 5.41) is 0. The molecule has 0 amide bonds. The molecule has 0 aliphatic carbocycles. The molecule has 14 heavy (non-hydrogen) atoms. The van der Waals surface area contributed by atoms with E-state index in [1.165, 1.54) is 11.3 Å². The van der Waals surface area contributed by atoms with Gasteiger partial charge in [-0.3, -0.25) is 0 Å². The topological polar surface area (TPSA) is 31.4 Å². The van der Waals surface area contributed by atoms with Crippen molar-refractivity contribution in [1.29, 1.82) is 0 Å². The van der Waals surface area contributed by atoms with Gasteiger partial charge in [-0.25, -0.2) is 4.98 Å². The smallest absolute Gasteiger partial charge is 0.183 e. The number of halogens is 1. The van der Waals surface area contributed by atoms with E-state index in [0.29, 0.717) is 4.47 Å². The van der Waals surface area contributed by atoms with Gasteiger partial charge in [0, 0.05) is 6.20 Å². The number of thiazole rings is 1. The van der Waals surface area contributed by atoms with Gasteiger partial charge in [-0.15, -0.1) is 11.3 Å². The van der Waals surface area contributed by atoms with E-state index >= 15 is 0 Å². The van der Waals surface area contributed by atoms with E-state index in [0.717, 1.165) is 4.88 Å². The Bertz CT molecular complexity index is 339. The third-order valence-corrected chi connectivity index (χ3v) is 3.26. The largest absolute Gasteiger partial charge is 0.344 e. The van der Waals surface area contributed by atoms with Crippen molar-refractivity contribution >= 4 is 22.9 Å². The zero-order valence-corrected chi connectivity index (χ0v) is 9.85. The number of nitrogens with zero attached hydrogens (tertiary/aromatic N) is 1. The lowest BCUT2D eigenvalue weighted by molar-refractivity contribution is -0.145. The predicted octanol–water partition coefficient (Wildman–Crippen LogP) is 3.01. The van der Waals surface area contributed by atoms with Gasteiger partial charge in [0.25, 0.3) is 0 Å². The van der Waals surface area contributed by atoms with Crippen molar-refractivity contribution in [2.45, 2.75) is 38.8 Å². The molecular formula is C9H12ClNO2S. The van der Waals surface area contributed by atoms with Gasteiger partial charge in [-0.05, 0) is 20.8 Å². The van der Waals surface area contributed by atoms with Gasteiger partial charge >= 0.3 is 0 Å². The van der Waals surface area contributed by atoms with Crippen LogP contribution in [0.4, 0.5) is 0 Å². The van der Waals surface area contributed by atoms with Gasteiger partial charge in [0.2, 0.25) is 0 Å². The van der Waals surface area contributed by atoms with E-state index < -0.39 is 5.79 Å². The second-order valence-corrected chi connectivity index (χ2v) is 5.42. The first-order chi connectivity index (χ1) is 6.48. The number of ether oxygens (including phenoxy) is 2. The predicted molar refractivity (Wildman–Crippen MR) is 55.6 cm³/mol. The van der Waals surface area contributed by atoms with Crippen LogP contribution in [0.2, 0.25) is 4.47 Å². The highest BCUT2D eigenvalue weighted by atomic mass is 35.5. The molecule has 1 saturated heterocycles. The summed E-state index contributed by atoms with van der Waals surface area (Å²) in [5.74, 6) is -0.513. The lowest BCUT2D eigenvalue weighted by atomic mass is 10.2. The minimum Gasteiger partial charge on any atom is -0.344 e. The maximum absolute atomic E-state index is 5.77. The third-order valence-electron chi connectivity index (χ3n) is 2.08. The molecule has 3 nitrogen and oxygen atoms in total. The molecular weight excluding hydrogens is 222 g/mol. The van der Waals surface area contributed by atoms with Crippen LogP contribution in [0.3, 0.4) is 0 Å². The van der Waals surface area contributed by atoms with E-state index in [1.807, 2.05) is 20.8 Å². The SMILES string of the molecule is C[C@H]1OC(C)(C)O[C@@H]1c1cnc(Cl)s1. The second kappa shape index (κ2) is 3.45. The van der Waals surface area contributed by atoms with Crippen LogP contribution in [-0.4, -0.2) is 16.9 Å². The number of hydrogen-bond donors (Lipinski definition) is 0. The molecule has 1 fully saturated rings. The Morgan fingerprint density at radius 2 is 2.21 bits per heavy atom. The van der Waals surface area contributed by atoms with Gasteiger partial charge in [-0.2, -0.15) is 0 Å². The molecule has 1 aromatic heterocycles. The molecule has 2 rings (SSSR count). The fourth-order valence-corrected chi connectivity index (χ4v) is 2.70. The Kier molecular flexibility index (Phi) is 2.55. The summed E-state index contributed by atoms with van der Waals surface area (Å²) in [7, 11) is 0. The van der Waals surface area contributed by atoms with Crippen molar-refractivity contribution in [2.75, 3.05) is 0 Å². The summed E-state index contributed by atoms with van der Waals surface area (Å²) in [6.07, 6.45) is 1.75. The number of hydrogen-bond acceptors (Lipinski definition) is 4. The summed E-state index contributed by atoms with van der Waals surface area (Å²) in [5.41, 5.74) is 0. The number of aromatic nitrogens is 1. The van der Waals surface area contributed by atoms with Crippen molar-refractivity contribution in [1.82, 2.24) is 4.98 Å². The van der Waals surface area contributed by atoms with E-state index in [1.54, 1.807) is 6.20 Å². The van der Waals surface area contributed by atoms with Crippen LogP contribution in [0, 0.1) is 0 Å². The van der Waals surface area contributed by atoms with Crippen LogP contribution in [0.5, 0.6) is 0 Å². The molecule has 0 unspecified atom stereocenters. The molecule has 2 heterocycles. The monoisotopic (exact) mass is 233 g/mol. The van der Waals surface area contributed by atoms with Crippen molar-refractivity contribution in [3.05, 3.63) is 15.5 Å². The summed E-state index contributed by atoms with van der Waals surface area (Å²) < 4.78 is 11.9. The van der Waals surface area contributed by atoms with Gasteiger partial charge in [0.1, 0.15) is 6.10 Å². The zero-order chi connectivity index (χ0) is 10.3. The Morgan fingerprint density at radius 1 is 1.50 bits per heavy atom. The molecule has 78 valence electrons. The minimum atomic E-state index is -0.513. The normalized spacial score (nSPS) is 30.9. The molecule has 0 N–H and O–H groups in total. The molecule has 0 bridgehead atoms. The van der Waals surface area contributed by atoms with E-state index in [-0.39, 0.29) is 12.2 Å². The standard InChI is InChI=1S/C9H12ClNO2S/c1-5-7(13-9(2,3)12-5)6-4-11-8(10)14-6/h4-5,7H,1-3H3/t5-,7+/m1/s1. The Hall–Kier alpha value is -0.160. The highest BCUT2D eigenvalue weighted by molar-refractivity contribution is 7.15.